The molecule has 148 valence electrons. The lowest BCUT2D eigenvalue weighted by molar-refractivity contribution is -0.384. The molecule has 6 nitrogen and oxygen atoms in total. The highest BCUT2D eigenvalue weighted by Gasteiger charge is 2.27. The van der Waals surface area contributed by atoms with Crippen molar-refractivity contribution in [2.24, 2.45) is 0 Å². The molecule has 28 heavy (non-hydrogen) atoms. The Balaban J connectivity index is 1.53. The zero-order valence-electron chi connectivity index (χ0n) is 15.9. The first-order chi connectivity index (χ1) is 13.5. The zero-order valence-corrected chi connectivity index (χ0v) is 16.6. The molecule has 0 saturated carbocycles. The van der Waals surface area contributed by atoms with Crippen molar-refractivity contribution in [1.82, 2.24) is 9.80 Å². The van der Waals surface area contributed by atoms with Gasteiger partial charge in [0.2, 0.25) is 0 Å². The number of non-ortho nitro benzene ring substituents is 1. The van der Waals surface area contributed by atoms with E-state index in [-0.39, 0.29) is 16.6 Å². The quantitative estimate of drug-likeness (QED) is 0.541. The Morgan fingerprint density at radius 2 is 1.89 bits per heavy atom. The maximum absolute atomic E-state index is 12.7. The number of hydrogen-bond acceptors (Lipinski definition) is 4. The van der Waals surface area contributed by atoms with E-state index in [1.165, 1.54) is 23.8 Å². The van der Waals surface area contributed by atoms with Gasteiger partial charge < -0.3 is 9.80 Å². The van der Waals surface area contributed by atoms with Crippen molar-refractivity contribution in [2.45, 2.75) is 25.3 Å². The van der Waals surface area contributed by atoms with E-state index in [1.807, 2.05) is 6.07 Å². The summed E-state index contributed by atoms with van der Waals surface area (Å²) in [5.41, 5.74) is 1.54. The SMILES string of the molecule is CN(CCc1ccccc1)C1CCN(C(=O)c2ccc([N+](=O)[O-])cc2Cl)CC1. The largest absolute Gasteiger partial charge is 0.338 e. The average molecular weight is 402 g/mol. The van der Waals surface area contributed by atoms with Gasteiger partial charge in [-0.25, -0.2) is 0 Å². The minimum absolute atomic E-state index is 0.111. The fourth-order valence-electron chi connectivity index (χ4n) is 3.60. The van der Waals surface area contributed by atoms with Crippen LogP contribution in [0.2, 0.25) is 5.02 Å². The molecule has 0 spiro atoms. The van der Waals surface area contributed by atoms with Gasteiger partial charge in [-0.2, -0.15) is 0 Å². The average Bonchev–Trinajstić information content (AvgIpc) is 2.72. The number of carbonyl (C=O) groups is 1. The Kier molecular flexibility index (Phi) is 6.65. The van der Waals surface area contributed by atoms with Crippen molar-refractivity contribution in [1.29, 1.82) is 0 Å². The summed E-state index contributed by atoms with van der Waals surface area (Å²) < 4.78 is 0. The summed E-state index contributed by atoms with van der Waals surface area (Å²) in [6, 6.07) is 14.9. The van der Waals surface area contributed by atoms with Gasteiger partial charge in [0.1, 0.15) is 0 Å². The predicted molar refractivity (Wildman–Crippen MR) is 110 cm³/mol. The van der Waals surface area contributed by atoms with Gasteiger partial charge >= 0.3 is 0 Å². The second kappa shape index (κ2) is 9.17. The molecule has 2 aromatic rings. The van der Waals surface area contributed by atoms with Crippen molar-refractivity contribution < 1.29 is 9.72 Å². The van der Waals surface area contributed by atoms with Gasteiger partial charge in [-0.1, -0.05) is 41.9 Å². The van der Waals surface area contributed by atoms with E-state index in [0.29, 0.717) is 24.7 Å². The number of amides is 1. The number of likely N-dealkylation sites (tertiary alicyclic amines) is 1. The zero-order chi connectivity index (χ0) is 20.1. The van der Waals surface area contributed by atoms with Crippen molar-refractivity contribution >= 4 is 23.2 Å². The van der Waals surface area contributed by atoms with E-state index in [9.17, 15) is 14.9 Å². The van der Waals surface area contributed by atoms with E-state index in [2.05, 4.69) is 36.2 Å². The summed E-state index contributed by atoms with van der Waals surface area (Å²) in [5.74, 6) is -0.162. The number of rotatable bonds is 6. The van der Waals surface area contributed by atoms with Crippen molar-refractivity contribution in [3.8, 4) is 0 Å². The van der Waals surface area contributed by atoms with Gasteiger partial charge in [0.15, 0.2) is 0 Å². The molecule has 0 bridgehead atoms. The summed E-state index contributed by atoms with van der Waals surface area (Å²) >= 11 is 6.11. The normalized spacial score (nSPS) is 15.0. The van der Waals surface area contributed by atoms with Gasteiger partial charge in [0.25, 0.3) is 11.6 Å². The fourth-order valence-corrected chi connectivity index (χ4v) is 3.86. The fraction of sp³-hybridized carbons (Fsp3) is 0.381. The lowest BCUT2D eigenvalue weighted by Crippen LogP contribution is -2.46. The van der Waals surface area contributed by atoms with Crippen LogP contribution in [-0.2, 0) is 6.42 Å². The summed E-state index contributed by atoms with van der Waals surface area (Å²) in [7, 11) is 2.14. The Labute approximate surface area is 169 Å². The predicted octanol–water partition coefficient (Wildman–Crippen LogP) is 4.03. The standard InChI is InChI=1S/C21H24ClN3O3/c1-23(12-9-16-5-3-2-4-6-16)17-10-13-24(14-11-17)21(26)19-8-7-18(25(27)28)15-20(19)22/h2-8,15,17H,9-14H2,1H3. The molecular formula is C21H24ClN3O3. The molecule has 7 heteroatoms. The molecule has 1 aliphatic heterocycles. The van der Waals surface area contributed by atoms with Crippen molar-refractivity contribution in [2.75, 3.05) is 26.7 Å². The molecule has 0 atom stereocenters. The third-order valence-electron chi connectivity index (χ3n) is 5.36. The van der Waals surface area contributed by atoms with Gasteiger partial charge in [-0.05, 0) is 37.9 Å². The van der Waals surface area contributed by atoms with Gasteiger partial charge in [-0.15, -0.1) is 0 Å². The first-order valence-corrected chi connectivity index (χ1v) is 9.81. The summed E-state index contributed by atoms with van der Waals surface area (Å²) in [6.07, 6.45) is 2.82. The van der Waals surface area contributed by atoms with E-state index in [1.54, 1.807) is 4.90 Å². The Hall–Kier alpha value is -2.44. The molecule has 2 aromatic carbocycles. The molecule has 3 rings (SSSR count). The van der Waals surface area contributed by atoms with Crippen LogP contribution in [0.4, 0.5) is 5.69 Å². The van der Waals surface area contributed by atoms with Crippen LogP contribution in [-0.4, -0.2) is 53.4 Å². The monoisotopic (exact) mass is 401 g/mol. The Morgan fingerprint density at radius 3 is 2.50 bits per heavy atom. The van der Waals surface area contributed by atoms with Gasteiger partial charge in [0, 0.05) is 37.8 Å². The maximum atomic E-state index is 12.7. The van der Waals surface area contributed by atoms with Crippen LogP contribution < -0.4 is 0 Å². The topological polar surface area (TPSA) is 66.7 Å². The van der Waals surface area contributed by atoms with Crippen LogP contribution in [0.15, 0.2) is 48.5 Å². The van der Waals surface area contributed by atoms with Gasteiger partial charge in [-0.3, -0.25) is 14.9 Å². The highest BCUT2D eigenvalue weighted by molar-refractivity contribution is 6.34. The van der Waals surface area contributed by atoms with Crippen LogP contribution >= 0.6 is 11.6 Å². The molecule has 0 radical (unpaired) electrons. The molecule has 0 unspecified atom stereocenters. The number of nitro benzene ring substituents is 1. The number of likely N-dealkylation sites (N-methyl/N-ethyl adjacent to an activating group) is 1. The van der Waals surface area contributed by atoms with E-state index < -0.39 is 4.92 Å². The minimum atomic E-state index is -0.517. The molecule has 1 aliphatic rings. The Morgan fingerprint density at radius 1 is 1.21 bits per heavy atom. The Bertz CT molecular complexity index is 836. The highest BCUT2D eigenvalue weighted by Crippen LogP contribution is 2.25. The summed E-state index contributed by atoms with van der Waals surface area (Å²) in [6.45, 7) is 2.30. The molecule has 0 N–H and O–H groups in total. The second-order valence-electron chi connectivity index (χ2n) is 7.16. The van der Waals surface area contributed by atoms with E-state index in [0.717, 1.165) is 25.8 Å². The highest BCUT2D eigenvalue weighted by atomic mass is 35.5. The van der Waals surface area contributed by atoms with E-state index in [4.69, 9.17) is 11.6 Å². The lowest BCUT2D eigenvalue weighted by Gasteiger charge is -2.37. The maximum Gasteiger partial charge on any atom is 0.270 e. The second-order valence-corrected chi connectivity index (χ2v) is 7.57. The van der Waals surface area contributed by atoms with Crippen LogP contribution in [0, 0.1) is 10.1 Å². The summed E-state index contributed by atoms with van der Waals surface area (Å²) in [4.78, 5) is 27.2. The smallest absolute Gasteiger partial charge is 0.270 e. The number of benzene rings is 2. The first-order valence-electron chi connectivity index (χ1n) is 9.43. The first kappa shape index (κ1) is 20.3. The molecule has 0 aliphatic carbocycles. The molecule has 1 heterocycles. The molecule has 1 amide bonds. The molecule has 1 fully saturated rings. The number of hydrogen-bond donors (Lipinski definition) is 0. The number of halogens is 1. The minimum Gasteiger partial charge on any atom is -0.338 e. The molecular weight excluding hydrogens is 378 g/mol. The van der Waals surface area contributed by atoms with Gasteiger partial charge in [0.05, 0.1) is 15.5 Å². The van der Waals surface area contributed by atoms with Crippen LogP contribution in [0.5, 0.6) is 0 Å². The van der Waals surface area contributed by atoms with Crippen LogP contribution in [0.1, 0.15) is 28.8 Å². The third kappa shape index (κ3) is 4.88. The third-order valence-corrected chi connectivity index (χ3v) is 5.68. The van der Waals surface area contributed by atoms with Crippen molar-refractivity contribution in [3.05, 3.63) is 74.8 Å². The number of carbonyl (C=O) groups excluding carboxylic acids is 1. The van der Waals surface area contributed by atoms with Crippen LogP contribution in [0.25, 0.3) is 0 Å². The van der Waals surface area contributed by atoms with Crippen molar-refractivity contribution in [3.63, 3.8) is 0 Å². The number of nitrogens with zero attached hydrogens (tertiary/aromatic N) is 3. The van der Waals surface area contributed by atoms with E-state index >= 15 is 0 Å². The molecule has 1 saturated heterocycles. The lowest BCUT2D eigenvalue weighted by atomic mass is 10.0. The number of nitro groups is 1. The summed E-state index contributed by atoms with van der Waals surface area (Å²) in [5, 5.41) is 11.0. The van der Waals surface area contributed by atoms with Crippen LogP contribution in [0.3, 0.4) is 0 Å². The molecule has 0 aromatic heterocycles. The number of piperidine rings is 1.